The summed E-state index contributed by atoms with van der Waals surface area (Å²) < 4.78 is 30.6. The number of aromatic amines is 1. The van der Waals surface area contributed by atoms with Gasteiger partial charge in [-0.2, -0.15) is 10.1 Å². The standard InChI is InChI=1S/C18H15ClF2N6O/c1-2-6-27-14-15(24-18(19)25-17(14)28)23-16(27)11-7-22-26(9-11)8-10-4-3-5-12(20)13(10)21/h3-5,7,9H,2,6,8H2,1H3,(H,24,25,28). The topological polar surface area (TPSA) is 81.4 Å². The van der Waals surface area contributed by atoms with Crippen LogP contribution in [0.1, 0.15) is 18.9 Å². The first-order chi connectivity index (χ1) is 13.5. The van der Waals surface area contributed by atoms with E-state index in [1.165, 1.54) is 16.8 Å². The van der Waals surface area contributed by atoms with E-state index in [1.807, 2.05) is 6.92 Å². The molecule has 0 saturated heterocycles. The summed E-state index contributed by atoms with van der Waals surface area (Å²) in [5, 5.41) is 4.17. The van der Waals surface area contributed by atoms with E-state index in [9.17, 15) is 13.6 Å². The van der Waals surface area contributed by atoms with E-state index >= 15 is 0 Å². The molecule has 4 rings (SSSR count). The average molecular weight is 405 g/mol. The van der Waals surface area contributed by atoms with Crippen molar-refractivity contribution >= 4 is 22.8 Å². The molecule has 1 N–H and O–H groups in total. The lowest BCUT2D eigenvalue weighted by molar-refractivity contribution is 0.492. The molecule has 3 heterocycles. The van der Waals surface area contributed by atoms with Crippen molar-refractivity contribution in [2.24, 2.45) is 0 Å². The van der Waals surface area contributed by atoms with Crippen LogP contribution in [-0.4, -0.2) is 29.3 Å². The Morgan fingerprint density at radius 2 is 2.07 bits per heavy atom. The third-order valence-electron chi connectivity index (χ3n) is 4.29. The zero-order chi connectivity index (χ0) is 19.8. The maximum Gasteiger partial charge on any atom is 0.278 e. The SMILES string of the molecule is CCCn1c(-c2cnn(Cc3cccc(F)c3F)c2)nc2nc(Cl)[nH]c(=O)c21. The van der Waals surface area contributed by atoms with Gasteiger partial charge in [-0.1, -0.05) is 19.1 Å². The number of nitrogens with zero attached hydrogens (tertiary/aromatic N) is 5. The van der Waals surface area contributed by atoms with Gasteiger partial charge < -0.3 is 4.57 Å². The molecule has 3 aromatic heterocycles. The van der Waals surface area contributed by atoms with Crippen molar-refractivity contribution in [2.75, 3.05) is 0 Å². The van der Waals surface area contributed by atoms with Gasteiger partial charge in [-0.3, -0.25) is 14.5 Å². The highest BCUT2D eigenvalue weighted by Crippen LogP contribution is 2.23. The second kappa shape index (κ2) is 7.16. The second-order valence-electron chi connectivity index (χ2n) is 6.26. The minimum absolute atomic E-state index is 0.0394. The number of aromatic nitrogens is 6. The lowest BCUT2D eigenvalue weighted by Crippen LogP contribution is -2.12. The molecule has 0 radical (unpaired) electrons. The van der Waals surface area contributed by atoms with Crippen molar-refractivity contribution in [1.82, 2.24) is 29.3 Å². The third-order valence-corrected chi connectivity index (χ3v) is 4.47. The molecule has 0 aliphatic heterocycles. The Bertz CT molecular complexity index is 1230. The predicted octanol–water partition coefficient (Wildman–Crippen LogP) is 3.37. The summed E-state index contributed by atoms with van der Waals surface area (Å²) in [4.78, 5) is 23.3. The summed E-state index contributed by atoms with van der Waals surface area (Å²) in [5.41, 5.74) is 0.989. The molecule has 0 bridgehead atoms. The van der Waals surface area contributed by atoms with E-state index in [-0.39, 0.29) is 28.6 Å². The molecule has 10 heteroatoms. The number of rotatable bonds is 5. The summed E-state index contributed by atoms with van der Waals surface area (Å²) >= 11 is 5.83. The number of imidazole rings is 1. The van der Waals surface area contributed by atoms with Crippen molar-refractivity contribution in [1.29, 1.82) is 0 Å². The number of H-pyrrole nitrogens is 1. The van der Waals surface area contributed by atoms with Crippen LogP contribution >= 0.6 is 11.6 Å². The second-order valence-corrected chi connectivity index (χ2v) is 6.61. The summed E-state index contributed by atoms with van der Waals surface area (Å²) in [7, 11) is 0. The highest BCUT2D eigenvalue weighted by molar-refractivity contribution is 6.28. The molecule has 4 aromatic rings. The van der Waals surface area contributed by atoms with E-state index in [1.54, 1.807) is 17.0 Å². The number of hydrogen-bond donors (Lipinski definition) is 1. The zero-order valence-electron chi connectivity index (χ0n) is 14.8. The van der Waals surface area contributed by atoms with Crippen molar-refractivity contribution < 1.29 is 8.78 Å². The Morgan fingerprint density at radius 1 is 1.25 bits per heavy atom. The fourth-order valence-electron chi connectivity index (χ4n) is 3.09. The molecule has 0 aliphatic carbocycles. The number of aryl methyl sites for hydroxylation is 1. The molecule has 0 saturated carbocycles. The van der Waals surface area contributed by atoms with Crippen LogP contribution in [-0.2, 0) is 13.1 Å². The molecule has 0 atom stereocenters. The highest BCUT2D eigenvalue weighted by Gasteiger charge is 2.18. The Kier molecular flexibility index (Phi) is 4.68. The van der Waals surface area contributed by atoms with Crippen LogP contribution < -0.4 is 5.56 Å². The van der Waals surface area contributed by atoms with Gasteiger partial charge in [0.1, 0.15) is 5.82 Å². The van der Waals surface area contributed by atoms with Crippen LogP contribution in [0, 0.1) is 11.6 Å². The molecule has 1 aromatic carbocycles. The minimum Gasteiger partial charge on any atom is -0.318 e. The van der Waals surface area contributed by atoms with Crippen molar-refractivity contribution in [3.05, 3.63) is 63.4 Å². The molecule has 0 unspecified atom stereocenters. The number of nitrogens with one attached hydrogen (secondary N) is 1. The highest BCUT2D eigenvalue weighted by atomic mass is 35.5. The quantitative estimate of drug-likeness (QED) is 0.517. The van der Waals surface area contributed by atoms with Gasteiger partial charge in [-0.25, -0.2) is 13.8 Å². The number of halogens is 3. The number of fused-ring (bicyclic) bond motifs is 1. The van der Waals surface area contributed by atoms with Crippen LogP contribution in [0.25, 0.3) is 22.6 Å². The maximum atomic E-state index is 13.9. The summed E-state index contributed by atoms with van der Waals surface area (Å²) in [5.74, 6) is -1.30. The molecule has 144 valence electrons. The van der Waals surface area contributed by atoms with Gasteiger partial charge >= 0.3 is 0 Å². The fraction of sp³-hybridized carbons (Fsp3) is 0.222. The van der Waals surface area contributed by atoms with Crippen LogP contribution in [0.4, 0.5) is 8.78 Å². The van der Waals surface area contributed by atoms with Gasteiger partial charge in [0, 0.05) is 18.3 Å². The van der Waals surface area contributed by atoms with Gasteiger partial charge in [-0.05, 0) is 24.1 Å². The average Bonchev–Trinajstić information content (AvgIpc) is 3.24. The van der Waals surface area contributed by atoms with Crippen molar-refractivity contribution in [3.8, 4) is 11.4 Å². The van der Waals surface area contributed by atoms with Crippen molar-refractivity contribution in [3.63, 3.8) is 0 Å². The van der Waals surface area contributed by atoms with Crippen LogP contribution in [0.2, 0.25) is 5.28 Å². The van der Waals surface area contributed by atoms with Gasteiger partial charge in [0.05, 0.1) is 18.3 Å². The lowest BCUT2D eigenvalue weighted by Gasteiger charge is -2.05. The zero-order valence-corrected chi connectivity index (χ0v) is 15.5. The molecule has 7 nitrogen and oxygen atoms in total. The molecule has 0 spiro atoms. The first-order valence-corrected chi connectivity index (χ1v) is 8.97. The van der Waals surface area contributed by atoms with Crippen LogP contribution in [0.5, 0.6) is 0 Å². The first kappa shape index (κ1) is 18.3. The Hall–Kier alpha value is -3.07. The van der Waals surface area contributed by atoms with Crippen molar-refractivity contribution in [2.45, 2.75) is 26.4 Å². The van der Waals surface area contributed by atoms with Gasteiger partial charge in [-0.15, -0.1) is 0 Å². The monoisotopic (exact) mass is 404 g/mol. The Balaban J connectivity index is 1.77. The summed E-state index contributed by atoms with van der Waals surface area (Å²) in [6.07, 6.45) is 3.98. The molecule has 0 fully saturated rings. The Labute approximate surface area is 162 Å². The first-order valence-electron chi connectivity index (χ1n) is 8.59. The van der Waals surface area contributed by atoms with Gasteiger partial charge in [0.2, 0.25) is 5.28 Å². The lowest BCUT2D eigenvalue weighted by atomic mass is 10.2. The molecule has 0 aliphatic rings. The molecular formula is C18H15ClF2N6O. The van der Waals surface area contributed by atoms with Gasteiger partial charge in [0.25, 0.3) is 5.56 Å². The van der Waals surface area contributed by atoms with E-state index < -0.39 is 11.6 Å². The number of benzene rings is 1. The Morgan fingerprint density at radius 3 is 2.86 bits per heavy atom. The fourth-order valence-corrected chi connectivity index (χ4v) is 3.25. The van der Waals surface area contributed by atoms with E-state index in [0.717, 1.165) is 12.5 Å². The van der Waals surface area contributed by atoms with E-state index in [2.05, 4.69) is 20.1 Å². The van der Waals surface area contributed by atoms with E-state index in [4.69, 9.17) is 11.6 Å². The molecular weight excluding hydrogens is 390 g/mol. The smallest absolute Gasteiger partial charge is 0.278 e. The summed E-state index contributed by atoms with van der Waals surface area (Å²) in [6, 6.07) is 4.01. The predicted molar refractivity (Wildman–Crippen MR) is 100 cm³/mol. The van der Waals surface area contributed by atoms with Crippen LogP contribution in [0.3, 0.4) is 0 Å². The third kappa shape index (κ3) is 3.18. The molecule has 0 amide bonds. The van der Waals surface area contributed by atoms with Crippen LogP contribution in [0.15, 0.2) is 35.4 Å². The van der Waals surface area contributed by atoms with Gasteiger partial charge in [0.15, 0.2) is 22.8 Å². The normalized spacial score (nSPS) is 11.4. The minimum atomic E-state index is -0.906. The molecule has 28 heavy (non-hydrogen) atoms. The largest absolute Gasteiger partial charge is 0.318 e. The summed E-state index contributed by atoms with van der Waals surface area (Å²) in [6.45, 7) is 2.58. The maximum absolute atomic E-state index is 13.9. The number of hydrogen-bond acceptors (Lipinski definition) is 4. The van der Waals surface area contributed by atoms with E-state index in [0.29, 0.717) is 23.4 Å².